The standard InChI is InChI=1S/C16H25NO2/c1-11-7-8-14(13(3)12(11)2)9-17(6)10-16(4,5)15(18)19/h7-8H,9-10H2,1-6H3,(H,18,19). The smallest absolute Gasteiger partial charge is 0.310 e. The zero-order chi connectivity index (χ0) is 14.8. The van der Waals surface area contributed by atoms with Crippen LogP contribution in [-0.4, -0.2) is 29.6 Å². The van der Waals surface area contributed by atoms with E-state index in [-0.39, 0.29) is 0 Å². The Balaban J connectivity index is 2.81. The van der Waals surface area contributed by atoms with E-state index >= 15 is 0 Å². The summed E-state index contributed by atoms with van der Waals surface area (Å²) in [6.07, 6.45) is 0. The molecular formula is C16H25NO2. The Hall–Kier alpha value is -1.35. The molecule has 0 heterocycles. The summed E-state index contributed by atoms with van der Waals surface area (Å²) in [4.78, 5) is 13.2. The lowest BCUT2D eigenvalue weighted by molar-refractivity contribution is -0.147. The average Bonchev–Trinajstić information content (AvgIpc) is 2.29. The van der Waals surface area contributed by atoms with E-state index in [0.29, 0.717) is 6.54 Å². The summed E-state index contributed by atoms with van der Waals surface area (Å²) in [5, 5.41) is 9.16. The van der Waals surface area contributed by atoms with Gasteiger partial charge in [-0.1, -0.05) is 12.1 Å². The van der Waals surface area contributed by atoms with E-state index in [1.54, 1.807) is 13.8 Å². The van der Waals surface area contributed by atoms with Gasteiger partial charge in [-0.15, -0.1) is 0 Å². The van der Waals surface area contributed by atoms with Crippen molar-refractivity contribution in [1.82, 2.24) is 4.90 Å². The van der Waals surface area contributed by atoms with Crippen LogP contribution in [0.2, 0.25) is 0 Å². The third-order valence-electron chi connectivity index (χ3n) is 3.85. The van der Waals surface area contributed by atoms with Crippen molar-refractivity contribution in [3.05, 3.63) is 34.4 Å². The molecule has 0 spiro atoms. The van der Waals surface area contributed by atoms with Gasteiger partial charge >= 0.3 is 5.97 Å². The fraction of sp³-hybridized carbons (Fsp3) is 0.562. The molecule has 0 radical (unpaired) electrons. The quantitative estimate of drug-likeness (QED) is 0.887. The predicted molar refractivity (Wildman–Crippen MR) is 78.4 cm³/mol. The Kier molecular flexibility index (Phi) is 4.75. The van der Waals surface area contributed by atoms with Crippen LogP contribution in [0.5, 0.6) is 0 Å². The van der Waals surface area contributed by atoms with Crippen molar-refractivity contribution in [2.24, 2.45) is 5.41 Å². The second kappa shape index (κ2) is 5.74. The maximum atomic E-state index is 11.1. The van der Waals surface area contributed by atoms with Gasteiger partial charge < -0.3 is 10.0 Å². The number of hydrogen-bond acceptors (Lipinski definition) is 2. The van der Waals surface area contributed by atoms with Crippen molar-refractivity contribution in [2.45, 2.75) is 41.2 Å². The Labute approximate surface area is 116 Å². The highest BCUT2D eigenvalue weighted by Crippen LogP contribution is 2.21. The molecule has 0 aliphatic heterocycles. The summed E-state index contributed by atoms with van der Waals surface area (Å²) in [7, 11) is 1.97. The van der Waals surface area contributed by atoms with E-state index in [1.165, 1.54) is 22.3 Å². The molecule has 0 fully saturated rings. The minimum absolute atomic E-state index is 0.536. The molecule has 1 aromatic rings. The second-order valence-electron chi connectivity index (χ2n) is 6.15. The summed E-state index contributed by atoms with van der Waals surface area (Å²) < 4.78 is 0. The average molecular weight is 263 g/mol. The van der Waals surface area contributed by atoms with Gasteiger partial charge in [0.25, 0.3) is 0 Å². The Morgan fingerprint density at radius 2 is 1.79 bits per heavy atom. The first-order valence-corrected chi connectivity index (χ1v) is 6.63. The number of nitrogens with zero attached hydrogens (tertiary/aromatic N) is 1. The largest absolute Gasteiger partial charge is 0.481 e. The summed E-state index contributed by atoms with van der Waals surface area (Å²) in [5.74, 6) is -0.754. The van der Waals surface area contributed by atoms with Gasteiger partial charge in [-0.25, -0.2) is 0 Å². The van der Waals surface area contributed by atoms with Crippen LogP contribution in [0.1, 0.15) is 36.1 Å². The summed E-state index contributed by atoms with van der Waals surface area (Å²) >= 11 is 0. The molecule has 0 atom stereocenters. The molecule has 0 unspecified atom stereocenters. The first-order chi connectivity index (χ1) is 8.65. The molecule has 0 saturated carbocycles. The SMILES string of the molecule is Cc1ccc(CN(C)CC(C)(C)C(=O)O)c(C)c1C. The summed E-state index contributed by atoms with van der Waals surface area (Å²) in [6.45, 7) is 11.2. The van der Waals surface area contributed by atoms with E-state index in [9.17, 15) is 4.79 Å². The van der Waals surface area contributed by atoms with Gasteiger partial charge in [0.2, 0.25) is 0 Å². The van der Waals surface area contributed by atoms with Crippen molar-refractivity contribution in [1.29, 1.82) is 0 Å². The van der Waals surface area contributed by atoms with Crippen molar-refractivity contribution < 1.29 is 9.90 Å². The highest BCUT2D eigenvalue weighted by atomic mass is 16.4. The third kappa shape index (κ3) is 3.80. The van der Waals surface area contributed by atoms with Gasteiger partial charge in [0.1, 0.15) is 0 Å². The first kappa shape index (κ1) is 15.7. The van der Waals surface area contributed by atoms with Crippen LogP contribution >= 0.6 is 0 Å². The third-order valence-corrected chi connectivity index (χ3v) is 3.85. The number of carboxylic acid groups (broad SMARTS) is 1. The van der Waals surface area contributed by atoms with Crippen molar-refractivity contribution in [3.63, 3.8) is 0 Å². The number of carboxylic acids is 1. The molecule has 0 aromatic heterocycles. The number of benzene rings is 1. The molecule has 3 nitrogen and oxygen atoms in total. The minimum Gasteiger partial charge on any atom is -0.481 e. The summed E-state index contributed by atoms with van der Waals surface area (Å²) in [5.41, 5.74) is 4.48. The molecule has 1 N–H and O–H groups in total. The molecule has 1 rings (SSSR count). The van der Waals surface area contributed by atoms with Gasteiger partial charge in [0.05, 0.1) is 5.41 Å². The maximum Gasteiger partial charge on any atom is 0.310 e. The lowest BCUT2D eigenvalue weighted by Gasteiger charge is -2.27. The predicted octanol–water partition coefficient (Wildman–Crippen LogP) is 3.15. The fourth-order valence-corrected chi connectivity index (χ4v) is 2.27. The number of aliphatic carboxylic acids is 1. The minimum atomic E-state index is -0.754. The molecule has 0 aliphatic rings. The molecular weight excluding hydrogens is 238 g/mol. The van der Waals surface area contributed by atoms with Crippen LogP contribution in [-0.2, 0) is 11.3 Å². The highest BCUT2D eigenvalue weighted by Gasteiger charge is 2.28. The normalized spacial score (nSPS) is 11.9. The Morgan fingerprint density at radius 3 is 2.32 bits per heavy atom. The number of rotatable bonds is 5. The molecule has 3 heteroatoms. The number of hydrogen-bond donors (Lipinski definition) is 1. The second-order valence-corrected chi connectivity index (χ2v) is 6.15. The zero-order valence-corrected chi connectivity index (χ0v) is 12.9. The first-order valence-electron chi connectivity index (χ1n) is 6.63. The van der Waals surface area contributed by atoms with Crippen LogP contribution in [0.25, 0.3) is 0 Å². The summed E-state index contributed by atoms with van der Waals surface area (Å²) in [6, 6.07) is 4.27. The molecule has 0 aliphatic carbocycles. The Bertz CT molecular complexity index is 478. The number of aryl methyl sites for hydroxylation is 1. The zero-order valence-electron chi connectivity index (χ0n) is 12.9. The molecule has 19 heavy (non-hydrogen) atoms. The van der Waals surface area contributed by atoms with Crippen LogP contribution in [0.4, 0.5) is 0 Å². The Morgan fingerprint density at radius 1 is 1.21 bits per heavy atom. The van der Waals surface area contributed by atoms with E-state index in [4.69, 9.17) is 5.11 Å². The van der Waals surface area contributed by atoms with E-state index in [1.807, 2.05) is 7.05 Å². The molecule has 0 bridgehead atoms. The fourth-order valence-electron chi connectivity index (χ4n) is 2.27. The van der Waals surface area contributed by atoms with E-state index in [2.05, 4.69) is 37.8 Å². The molecule has 0 amide bonds. The molecule has 0 saturated heterocycles. The van der Waals surface area contributed by atoms with Crippen LogP contribution in [0.15, 0.2) is 12.1 Å². The molecule has 1 aromatic carbocycles. The van der Waals surface area contributed by atoms with Gasteiger partial charge in [-0.3, -0.25) is 4.79 Å². The van der Waals surface area contributed by atoms with Gasteiger partial charge in [-0.05, 0) is 63.9 Å². The maximum absolute atomic E-state index is 11.1. The highest BCUT2D eigenvalue weighted by molar-refractivity contribution is 5.73. The topological polar surface area (TPSA) is 40.5 Å². The van der Waals surface area contributed by atoms with Crippen molar-refractivity contribution in [3.8, 4) is 0 Å². The monoisotopic (exact) mass is 263 g/mol. The van der Waals surface area contributed by atoms with Crippen LogP contribution < -0.4 is 0 Å². The van der Waals surface area contributed by atoms with Gasteiger partial charge in [-0.2, -0.15) is 0 Å². The van der Waals surface area contributed by atoms with Gasteiger partial charge in [0.15, 0.2) is 0 Å². The van der Waals surface area contributed by atoms with Crippen LogP contribution in [0, 0.1) is 26.2 Å². The van der Waals surface area contributed by atoms with Crippen LogP contribution in [0.3, 0.4) is 0 Å². The molecule has 106 valence electrons. The number of carbonyl (C=O) groups is 1. The lowest BCUT2D eigenvalue weighted by atomic mass is 9.92. The lowest BCUT2D eigenvalue weighted by Crippen LogP contribution is -2.37. The van der Waals surface area contributed by atoms with E-state index in [0.717, 1.165) is 6.54 Å². The van der Waals surface area contributed by atoms with Gasteiger partial charge in [0, 0.05) is 13.1 Å². The van der Waals surface area contributed by atoms with E-state index < -0.39 is 11.4 Å². The van der Waals surface area contributed by atoms with Crippen molar-refractivity contribution in [2.75, 3.05) is 13.6 Å². The van der Waals surface area contributed by atoms with Crippen molar-refractivity contribution >= 4 is 5.97 Å².